The first-order valence-electron chi connectivity index (χ1n) is 9.21. The lowest BCUT2D eigenvalue weighted by Crippen LogP contribution is -2.49. The zero-order valence-electron chi connectivity index (χ0n) is 15.5. The first-order chi connectivity index (χ1) is 13.4. The number of amides is 1. The van der Waals surface area contributed by atoms with Gasteiger partial charge in [-0.05, 0) is 18.9 Å². The normalized spacial score (nSPS) is 21.8. The Morgan fingerprint density at radius 3 is 2.79 bits per heavy atom. The average molecular weight is 427 g/mol. The van der Waals surface area contributed by atoms with Crippen LogP contribution in [-0.4, -0.2) is 73.1 Å². The molecule has 4 heterocycles. The molecule has 0 N–H and O–H groups in total. The molecule has 9 nitrogen and oxygen atoms in total. The SMILES string of the molecule is Cc1nc(-c2csc(S(=O)(=O)N3CCC[C@H](C(=O)N4CCOCC4)C3)c2)no1. The number of rotatable bonds is 4. The molecule has 1 amide bonds. The van der Waals surface area contributed by atoms with Gasteiger partial charge >= 0.3 is 0 Å². The van der Waals surface area contributed by atoms with Crippen LogP contribution >= 0.6 is 11.3 Å². The summed E-state index contributed by atoms with van der Waals surface area (Å²) in [4.78, 5) is 18.7. The van der Waals surface area contributed by atoms with Crippen molar-refractivity contribution < 1.29 is 22.5 Å². The molecule has 0 saturated carbocycles. The summed E-state index contributed by atoms with van der Waals surface area (Å²) >= 11 is 1.13. The Hall–Kier alpha value is -1.82. The maximum atomic E-state index is 13.1. The highest BCUT2D eigenvalue weighted by atomic mass is 32.2. The highest BCUT2D eigenvalue weighted by Crippen LogP contribution is 2.31. The summed E-state index contributed by atoms with van der Waals surface area (Å²) < 4.78 is 38.1. The number of ether oxygens (including phenoxy) is 1. The van der Waals surface area contributed by atoms with Crippen molar-refractivity contribution in [2.75, 3.05) is 39.4 Å². The zero-order chi connectivity index (χ0) is 19.7. The van der Waals surface area contributed by atoms with E-state index in [2.05, 4.69) is 10.1 Å². The molecule has 2 aliphatic heterocycles. The number of thiophene rings is 1. The van der Waals surface area contributed by atoms with Gasteiger partial charge < -0.3 is 14.2 Å². The number of aryl methyl sites for hydroxylation is 1. The second kappa shape index (κ2) is 7.90. The molecule has 28 heavy (non-hydrogen) atoms. The van der Waals surface area contributed by atoms with Crippen molar-refractivity contribution in [3.05, 3.63) is 17.3 Å². The maximum absolute atomic E-state index is 13.1. The lowest BCUT2D eigenvalue weighted by Gasteiger charge is -2.35. The van der Waals surface area contributed by atoms with Crippen LogP contribution in [0.2, 0.25) is 0 Å². The minimum Gasteiger partial charge on any atom is -0.378 e. The lowest BCUT2D eigenvalue weighted by atomic mass is 9.98. The summed E-state index contributed by atoms with van der Waals surface area (Å²) in [7, 11) is -3.67. The highest BCUT2D eigenvalue weighted by molar-refractivity contribution is 7.91. The molecular weight excluding hydrogens is 404 g/mol. The summed E-state index contributed by atoms with van der Waals surface area (Å²) in [5.74, 6) is 0.513. The number of hydrogen-bond donors (Lipinski definition) is 0. The van der Waals surface area contributed by atoms with Crippen LogP contribution < -0.4 is 0 Å². The molecule has 0 radical (unpaired) electrons. The van der Waals surface area contributed by atoms with E-state index in [0.717, 1.165) is 11.3 Å². The van der Waals surface area contributed by atoms with Gasteiger partial charge in [-0.15, -0.1) is 11.3 Å². The Balaban J connectivity index is 1.49. The van der Waals surface area contributed by atoms with E-state index >= 15 is 0 Å². The lowest BCUT2D eigenvalue weighted by molar-refractivity contribution is -0.140. The summed E-state index contributed by atoms with van der Waals surface area (Å²) in [5, 5.41) is 5.54. The molecule has 2 aromatic rings. The van der Waals surface area contributed by atoms with Crippen molar-refractivity contribution in [1.29, 1.82) is 0 Å². The third-order valence-corrected chi connectivity index (χ3v) is 8.29. The Morgan fingerprint density at radius 1 is 1.29 bits per heavy atom. The Kier molecular flexibility index (Phi) is 5.50. The minimum absolute atomic E-state index is 0.0253. The fourth-order valence-electron chi connectivity index (χ4n) is 3.52. The van der Waals surface area contributed by atoms with Crippen molar-refractivity contribution in [2.24, 2.45) is 5.92 Å². The number of carbonyl (C=O) groups excluding carboxylic acids is 1. The van der Waals surface area contributed by atoms with Crippen LogP contribution in [-0.2, 0) is 19.6 Å². The number of carbonyl (C=O) groups is 1. The van der Waals surface area contributed by atoms with Gasteiger partial charge in [0.25, 0.3) is 10.0 Å². The van der Waals surface area contributed by atoms with Crippen LogP contribution in [0.3, 0.4) is 0 Å². The predicted molar refractivity (Wildman–Crippen MR) is 101 cm³/mol. The zero-order valence-corrected chi connectivity index (χ0v) is 17.2. The highest BCUT2D eigenvalue weighted by Gasteiger charge is 2.36. The molecule has 2 fully saturated rings. The standard InChI is InChI=1S/C17H22N4O5S2/c1-12-18-16(19-26-12)14-9-15(27-11-14)28(23,24)21-4-2-3-13(10-21)17(22)20-5-7-25-8-6-20/h9,11,13H,2-8,10H2,1H3/t13-/m0/s1. The second-order valence-corrected chi connectivity index (χ2v) is 10.0. The van der Waals surface area contributed by atoms with Crippen LogP contribution in [0.15, 0.2) is 20.2 Å². The van der Waals surface area contributed by atoms with E-state index in [1.807, 2.05) is 0 Å². The maximum Gasteiger partial charge on any atom is 0.252 e. The predicted octanol–water partition coefficient (Wildman–Crippen LogP) is 1.37. The van der Waals surface area contributed by atoms with Gasteiger partial charge in [0.15, 0.2) is 0 Å². The smallest absolute Gasteiger partial charge is 0.252 e. The number of hydrogen-bond acceptors (Lipinski definition) is 8. The molecule has 4 rings (SSSR count). The van der Waals surface area contributed by atoms with E-state index < -0.39 is 10.0 Å². The van der Waals surface area contributed by atoms with Gasteiger partial charge in [0.05, 0.1) is 19.1 Å². The van der Waals surface area contributed by atoms with Crippen LogP contribution in [0.5, 0.6) is 0 Å². The number of aromatic nitrogens is 2. The molecular formula is C17H22N4O5S2. The topological polar surface area (TPSA) is 106 Å². The van der Waals surface area contributed by atoms with E-state index in [0.29, 0.717) is 63.0 Å². The largest absolute Gasteiger partial charge is 0.378 e. The quantitative estimate of drug-likeness (QED) is 0.727. The van der Waals surface area contributed by atoms with E-state index in [-0.39, 0.29) is 22.6 Å². The van der Waals surface area contributed by atoms with Crippen molar-refractivity contribution in [3.63, 3.8) is 0 Å². The van der Waals surface area contributed by atoms with Crippen molar-refractivity contribution >= 4 is 27.3 Å². The second-order valence-electron chi connectivity index (χ2n) is 6.93. The summed E-state index contributed by atoms with van der Waals surface area (Å²) in [6, 6.07) is 1.57. The summed E-state index contributed by atoms with van der Waals surface area (Å²) in [5.41, 5.74) is 0.610. The van der Waals surface area contributed by atoms with E-state index in [9.17, 15) is 13.2 Å². The van der Waals surface area contributed by atoms with Gasteiger partial charge in [0.1, 0.15) is 4.21 Å². The number of sulfonamides is 1. The monoisotopic (exact) mass is 426 g/mol. The molecule has 11 heteroatoms. The summed E-state index contributed by atoms with van der Waals surface area (Å²) in [6.07, 6.45) is 1.38. The van der Waals surface area contributed by atoms with Gasteiger partial charge in [-0.2, -0.15) is 9.29 Å². The van der Waals surface area contributed by atoms with E-state index in [4.69, 9.17) is 9.26 Å². The summed E-state index contributed by atoms with van der Waals surface area (Å²) in [6.45, 7) is 4.53. The molecule has 2 aliphatic rings. The first kappa shape index (κ1) is 19.5. The molecule has 0 aromatic carbocycles. The molecule has 2 aromatic heterocycles. The van der Waals surface area contributed by atoms with E-state index in [1.165, 1.54) is 4.31 Å². The third kappa shape index (κ3) is 3.84. The average Bonchev–Trinajstić information content (AvgIpc) is 3.37. The fourth-order valence-corrected chi connectivity index (χ4v) is 6.35. The van der Waals surface area contributed by atoms with Gasteiger partial charge in [0.2, 0.25) is 17.6 Å². The van der Waals surface area contributed by atoms with Crippen LogP contribution in [0.25, 0.3) is 11.4 Å². The molecule has 0 unspecified atom stereocenters. The van der Waals surface area contributed by atoms with E-state index in [1.54, 1.807) is 23.3 Å². The van der Waals surface area contributed by atoms with Crippen molar-refractivity contribution in [3.8, 4) is 11.4 Å². The van der Waals surface area contributed by atoms with Crippen molar-refractivity contribution in [1.82, 2.24) is 19.3 Å². The van der Waals surface area contributed by atoms with Crippen molar-refractivity contribution in [2.45, 2.75) is 24.0 Å². The van der Waals surface area contributed by atoms with Gasteiger partial charge in [-0.3, -0.25) is 4.79 Å². The Labute approximate surface area is 167 Å². The Bertz CT molecular complexity index is 948. The number of piperidine rings is 1. The number of nitrogens with zero attached hydrogens (tertiary/aromatic N) is 4. The Morgan fingerprint density at radius 2 is 2.07 bits per heavy atom. The van der Waals surface area contributed by atoms with Gasteiger partial charge in [0, 0.05) is 44.0 Å². The van der Waals surface area contributed by atoms with Crippen LogP contribution in [0, 0.1) is 12.8 Å². The first-order valence-corrected chi connectivity index (χ1v) is 11.5. The number of morpholine rings is 1. The van der Waals surface area contributed by atoms with Crippen LogP contribution in [0.1, 0.15) is 18.7 Å². The molecule has 0 bridgehead atoms. The molecule has 0 aliphatic carbocycles. The minimum atomic E-state index is -3.67. The molecule has 152 valence electrons. The molecule has 1 atom stereocenters. The third-order valence-electron chi connectivity index (χ3n) is 5.01. The van der Waals surface area contributed by atoms with Gasteiger partial charge in [-0.1, -0.05) is 5.16 Å². The molecule has 0 spiro atoms. The van der Waals surface area contributed by atoms with Gasteiger partial charge in [-0.25, -0.2) is 8.42 Å². The van der Waals surface area contributed by atoms with Crippen LogP contribution in [0.4, 0.5) is 0 Å². The molecule has 2 saturated heterocycles. The fraction of sp³-hybridized carbons (Fsp3) is 0.588.